The molecular formula is C16H20N2O4S3. The molecule has 2 aromatic carbocycles. The van der Waals surface area contributed by atoms with E-state index in [9.17, 15) is 16.8 Å². The molecule has 0 atom stereocenters. The number of sulfone groups is 1. The molecule has 0 saturated heterocycles. The molecule has 0 fully saturated rings. The Hall–Kier alpha value is -1.55. The minimum atomic E-state index is -3.96. The minimum absolute atomic E-state index is 0.0743. The molecule has 0 aromatic heterocycles. The van der Waals surface area contributed by atoms with Crippen LogP contribution >= 0.6 is 11.8 Å². The maximum Gasteiger partial charge on any atom is 0.238 e. The molecule has 9 heteroatoms. The zero-order valence-corrected chi connectivity index (χ0v) is 16.1. The van der Waals surface area contributed by atoms with Crippen molar-refractivity contribution >= 4 is 37.3 Å². The second-order valence-corrected chi connectivity index (χ2v) is 10.1. The Kier molecular flexibility index (Phi) is 6.50. The molecule has 25 heavy (non-hydrogen) atoms. The van der Waals surface area contributed by atoms with Crippen molar-refractivity contribution in [2.45, 2.75) is 21.1 Å². The van der Waals surface area contributed by atoms with Gasteiger partial charge in [-0.15, -0.1) is 11.8 Å². The summed E-state index contributed by atoms with van der Waals surface area (Å²) in [6.45, 7) is 0.567. The third-order valence-electron chi connectivity index (χ3n) is 3.33. The van der Waals surface area contributed by atoms with E-state index in [0.717, 1.165) is 24.5 Å². The van der Waals surface area contributed by atoms with Crippen molar-refractivity contribution in [3.63, 3.8) is 0 Å². The lowest BCUT2D eigenvalue weighted by Gasteiger charge is -2.12. The number of thioether (sulfide) groups is 1. The predicted molar refractivity (Wildman–Crippen MR) is 101 cm³/mol. The highest BCUT2D eigenvalue weighted by Gasteiger charge is 2.18. The van der Waals surface area contributed by atoms with Gasteiger partial charge in [-0.05, 0) is 42.5 Å². The normalized spacial score (nSPS) is 12.1. The van der Waals surface area contributed by atoms with Crippen LogP contribution < -0.4 is 10.5 Å². The smallest absolute Gasteiger partial charge is 0.238 e. The Labute approximate surface area is 152 Å². The summed E-state index contributed by atoms with van der Waals surface area (Å²) in [4.78, 5) is 0.879. The highest BCUT2D eigenvalue weighted by atomic mass is 32.2. The number of primary sulfonamides is 1. The monoisotopic (exact) mass is 400 g/mol. The molecule has 136 valence electrons. The fourth-order valence-electron chi connectivity index (χ4n) is 2.13. The van der Waals surface area contributed by atoms with Crippen LogP contribution in [0.15, 0.2) is 63.2 Å². The molecule has 0 radical (unpaired) electrons. The van der Waals surface area contributed by atoms with Gasteiger partial charge in [0.2, 0.25) is 10.0 Å². The molecule has 0 aliphatic heterocycles. The zero-order valence-electron chi connectivity index (χ0n) is 13.7. The van der Waals surface area contributed by atoms with Crippen LogP contribution in [0.1, 0.15) is 6.42 Å². The summed E-state index contributed by atoms with van der Waals surface area (Å²) >= 11 is 1.72. The van der Waals surface area contributed by atoms with Crippen LogP contribution in [0.2, 0.25) is 0 Å². The summed E-state index contributed by atoms with van der Waals surface area (Å²) in [5, 5.41) is 8.12. The first-order valence-corrected chi connectivity index (χ1v) is 11.9. The Balaban J connectivity index is 2.01. The Morgan fingerprint density at radius 2 is 1.72 bits per heavy atom. The van der Waals surface area contributed by atoms with Crippen molar-refractivity contribution in [3.8, 4) is 0 Å². The van der Waals surface area contributed by atoms with E-state index in [-0.39, 0.29) is 9.79 Å². The van der Waals surface area contributed by atoms with Crippen molar-refractivity contribution in [3.05, 3.63) is 48.5 Å². The Bertz CT molecular complexity index is 927. The molecule has 2 rings (SSSR count). The average molecular weight is 401 g/mol. The molecular weight excluding hydrogens is 380 g/mol. The van der Waals surface area contributed by atoms with Crippen LogP contribution in [-0.2, 0) is 19.9 Å². The molecule has 0 amide bonds. The van der Waals surface area contributed by atoms with Gasteiger partial charge < -0.3 is 5.32 Å². The number of rotatable bonds is 8. The summed E-state index contributed by atoms with van der Waals surface area (Å²) in [7, 11) is -7.55. The van der Waals surface area contributed by atoms with Crippen LogP contribution in [0.3, 0.4) is 0 Å². The van der Waals surface area contributed by atoms with Crippen LogP contribution in [0, 0.1) is 0 Å². The quantitative estimate of drug-likeness (QED) is 0.520. The van der Waals surface area contributed by atoms with Crippen molar-refractivity contribution in [2.24, 2.45) is 5.14 Å². The SMILES string of the molecule is CS(=O)(=O)c1cc(S(N)(=O)=O)ccc1NCCCSc1ccccc1. The third-order valence-corrected chi connectivity index (χ3v) is 6.48. The summed E-state index contributed by atoms with van der Waals surface area (Å²) in [6, 6.07) is 13.8. The number of sulfonamides is 1. The number of nitrogens with one attached hydrogen (secondary N) is 1. The summed E-state index contributed by atoms with van der Waals surface area (Å²) in [5.41, 5.74) is 0.375. The molecule has 6 nitrogen and oxygen atoms in total. The molecule has 0 heterocycles. The lowest BCUT2D eigenvalue weighted by molar-refractivity contribution is 0.597. The molecule has 0 aliphatic carbocycles. The highest BCUT2D eigenvalue weighted by molar-refractivity contribution is 7.99. The lowest BCUT2D eigenvalue weighted by atomic mass is 10.3. The van der Waals surface area contributed by atoms with Gasteiger partial charge in [-0.25, -0.2) is 22.0 Å². The zero-order chi connectivity index (χ0) is 18.5. The summed E-state index contributed by atoms with van der Waals surface area (Å²) < 4.78 is 46.7. The van der Waals surface area contributed by atoms with Gasteiger partial charge >= 0.3 is 0 Å². The van der Waals surface area contributed by atoms with Gasteiger partial charge in [-0.2, -0.15) is 0 Å². The van der Waals surface area contributed by atoms with Gasteiger partial charge in [0.05, 0.1) is 15.5 Å². The molecule has 0 saturated carbocycles. The van der Waals surface area contributed by atoms with E-state index in [1.807, 2.05) is 30.3 Å². The van der Waals surface area contributed by atoms with Crippen molar-refractivity contribution in [1.82, 2.24) is 0 Å². The lowest BCUT2D eigenvalue weighted by Crippen LogP contribution is -2.14. The average Bonchev–Trinajstić information content (AvgIpc) is 2.53. The highest BCUT2D eigenvalue weighted by Crippen LogP contribution is 2.25. The molecule has 0 spiro atoms. The Morgan fingerprint density at radius 1 is 1.04 bits per heavy atom. The fourth-order valence-corrected chi connectivity index (χ4v) is 4.50. The summed E-state index contributed by atoms with van der Waals surface area (Å²) in [6.07, 6.45) is 1.85. The van der Waals surface area contributed by atoms with E-state index in [1.165, 1.54) is 17.0 Å². The topological polar surface area (TPSA) is 106 Å². The van der Waals surface area contributed by atoms with Gasteiger partial charge in [0, 0.05) is 17.7 Å². The van der Waals surface area contributed by atoms with Gasteiger partial charge in [0.25, 0.3) is 0 Å². The van der Waals surface area contributed by atoms with E-state index >= 15 is 0 Å². The van der Waals surface area contributed by atoms with E-state index in [4.69, 9.17) is 5.14 Å². The first-order chi connectivity index (χ1) is 11.7. The molecule has 3 N–H and O–H groups in total. The van der Waals surface area contributed by atoms with Crippen molar-refractivity contribution < 1.29 is 16.8 Å². The van der Waals surface area contributed by atoms with Crippen molar-refractivity contribution in [1.29, 1.82) is 0 Å². The first-order valence-electron chi connectivity index (χ1n) is 7.46. The van der Waals surface area contributed by atoms with Gasteiger partial charge in [0.15, 0.2) is 9.84 Å². The van der Waals surface area contributed by atoms with Crippen LogP contribution in [0.4, 0.5) is 5.69 Å². The largest absolute Gasteiger partial charge is 0.384 e. The number of anilines is 1. The standard InChI is InChI=1S/C16H20N2O4S3/c1-24(19,20)16-12-14(25(17,21)22)8-9-15(16)18-10-5-11-23-13-6-3-2-4-7-13/h2-4,6-9,12,18H,5,10-11H2,1H3,(H2,17,21,22). The van der Waals surface area contributed by atoms with Crippen LogP contribution in [0.5, 0.6) is 0 Å². The van der Waals surface area contributed by atoms with Gasteiger partial charge in [-0.3, -0.25) is 0 Å². The molecule has 0 bridgehead atoms. The minimum Gasteiger partial charge on any atom is -0.384 e. The molecule has 2 aromatic rings. The van der Waals surface area contributed by atoms with E-state index in [0.29, 0.717) is 12.2 Å². The van der Waals surface area contributed by atoms with Crippen LogP contribution in [-0.4, -0.2) is 35.4 Å². The Morgan fingerprint density at radius 3 is 2.32 bits per heavy atom. The van der Waals surface area contributed by atoms with E-state index in [1.54, 1.807) is 11.8 Å². The van der Waals surface area contributed by atoms with Gasteiger partial charge in [0.1, 0.15) is 0 Å². The number of nitrogens with two attached hydrogens (primary N) is 1. The van der Waals surface area contributed by atoms with Gasteiger partial charge in [-0.1, -0.05) is 18.2 Å². The maximum absolute atomic E-state index is 11.9. The number of hydrogen-bond acceptors (Lipinski definition) is 6. The van der Waals surface area contributed by atoms with E-state index in [2.05, 4.69) is 5.32 Å². The first kappa shape index (κ1) is 19.8. The van der Waals surface area contributed by atoms with Crippen molar-refractivity contribution in [2.75, 3.05) is 23.9 Å². The predicted octanol–water partition coefficient (Wildman–Crippen LogP) is 2.33. The second kappa shape index (κ2) is 8.22. The summed E-state index contributed by atoms with van der Waals surface area (Å²) in [5.74, 6) is 0.875. The third kappa shape index (κ3) is 6.03. The van der Waals surface area contributed by atoms with E-state index < -0.39 is 19.9 Å². The molecule has 0 unspecified atom stereocenters. The number of hydrogen-bond donors (Lipinski definition) is 2. The fraction of sp³-hybridized carbons (Fsp3) is 0.250. The second-order valence-electron chi connectivity index (χ2n) is 5.42. The maximum atomic E-state index is 11.9. The molecule has 0 aliphatic rings. The van der Waals surface area contributed by atoms with Crippen LogP contribution in [0.25, 0.3) is 0 Å². The number of benzene rings is 2.